The minimum Gasteiger partial charge on any atom is -0.384 e. The molecular formula is C22H18N4O2S2. The van der Waals surface area contributed by atoms with Gasteiger partial charge in [-0.2, -0.15) is 0 Å². The number of rotatable bonds is 4. The SMILES string of the molecule is C[C@H](c1ccccc1)n1c(N)c(S(=O)(=O)c2cccs2)c2nc3ccccc3nc21. The molecule has 0 spiro atoms. The smallest absolute Gasteiger partial charge is 0.221 e. The van der Waals surface area contributed by atoms with Crippen molar-refractivity contribution in [2.75, 3.05) is 5.73 Å². The fourth-order valence-electron chi connectivity index (χ4n) is 3.71. The lowest BCUT2D eigenvalue weighted by atomic mass is 10.1. The number of aromatic nitrogens is 3. The second-order valence-electron chi connectivity index (χ2n) is 6.99. The molecule has 0 fully saturated rings. The predicted octanol–water partition coefficient (Wildman–Crippen LogP) is 4.67. The summed E-state index contributed by atoms with van der Waals surface area (Å²) in [7, 11) is -3.85. The lowest BCUT2D eigenvalue weighted by Gasteiger charge is -2.17. The molecule has 6 nitrogen and oxygen atoms in total. The van der Waals surface area contributed by atoms with E-state index in [1.54, 1.807) is 22.1 Å². The second-order valence-corrected chi connectivity index (χ2v) is 10.1. The number of hydrogen-bond acceptors (Lipinski definition) is 6. The molecule has 8 heteroatoms. The lowest BCUT2D eigenvalue weighted by Crippen LogP contribution is -2.12. The van der Waals surface area contributed by atoms with Crippen LogP contribution in [-0.4, -0.2) is 23.0 Å². The Balaban J connectivity index is 1.89. The van der Waals surface area contributed by atoms with Gasteiger partial charge in [-0.05, 0) is 36.1 Å². The van der Waals surface area contributed by atoms with Gasteiger partial charge in [0.1, 0.15) is 20.4 Å². The van der Waals surface area contributed by atoms with Crippen LogP contribution in [0.1, 0.15) is 18.5 Å². The van der Waals surface area contributed by atoms with Crippen molar-refractivity contribution < 1.29 is 8.42 Å². The molecule has 2 aromatic carbocycles. The van der Waals surface area contributed by atoms with Gasteiger partial charge in [0, 0.05) is 0 Å². The molecule has 5 rings (SSSR count). The van der Waals surface area contributed by atoms with Crippen molar-refractivity contribution in [1.82, 2.24) is 14.5 Å². The van der Waals surface area contributed by atoms with Crippen molar-refractivity contribution >= 4 is 49.2 Å². The number of nitrogens with two attached hydrogens (primary N) is 1. The van der Waals surface area contributed by atoms with Crippen molar-refractivity contribution in [3.05, 3.63) is 77.7 Å². The zero-order valence-electron chi connectivity index (χ0n) is 16.1. The molecule has 0 saturated carbocycles. The van der Waals surface area contributed by atoms with E-state index in [1.165, 1.54) is 0 Å². The van der Waals surface area contributed by atoms with E-state index in [0.29, 0.717) is 22.2 Å². The third-order valence-corrected chi connectivity index (χ3v) is 8.40. The van der Waals surface area contributed by atoms with Crippen LogP contribution in [0.5, 0.6) is 0 Å². The van der Waals surface area contributed by atoms with Crippen molar-refractivity contribution in [3.8, 4) is 0 Å². The summed E-state index contributed by atoms with van der Waals surface area (Å²) in [5.41, 5.74) is 9.57. The van der Waals surface area contributed by atoms with Gasteiger partial charge in [0.05, 0.1) is 17.1 Å². The Morgan fingerprint density at radius 1 is 0.933 bits per heavy atom. The van der Waals surface area contributed by atoms with E-state index in [2.05, 4.69) is 4.98 Å². The second kappa shape index (κ2) is 6.93. The molecule has 30 heavy (non-hydrogen) atoms. The molecule has 0 unspecified atom stereocenters. The van der Waals surface area contributed by atoms with Crippen molar-refractivity contribution in [1.29, 1.82) is 0 Å². The molecule has 0 aliphatic carbocycles. The highest BCUT2D eigenvalue weighted by Crippen LogP contribution is 2.39. The monoisotopic (exact) mass is 434 g/mol. The van der Waals surface area contributed by atoms with Gasteiger partial charge in [-0.3, -0.25) is 0 Å². The maximum Gasteiger partial charge on any atom is 0.221 e. The van der Waals surface area contributed by atoms with E-state index >= 15 is 0 Å². The highest BCUT2D eigenvalue weighted by Gasteiger charge is 2.32. The normalized spacial score (nSPS) is 13.1. The lowest BCUT2D eigenvalue weighted by molar-refractivity contribution is 0.598. The van der Waals surface area contributed by atoms with Crippen LogP contribution >= 0.6 is 11.3 Å². The minimum absolute atomic E-state index is 0.0148. The first kappa shape index (κ1) is 18.8. The fraction of sp³-hybridized carbons (Fsp3) is 0.0909. The molecule has 150 valence electrons. The van der Waals surface area contributed by atoms with E-state index in [-0.39, 0.29) is 21.0 Å². The predicted molar refractivity (Wildman–Crippen MR) is 119 cm³/mol. The first-order valence-corrected chi connectivity index (χ1v) is 11.7. The Hall–Kier alpha value is -3.23. The molecule has 0 saturated heterocycles. The van der Waals surface area contributed by atoms with Crippen LogP contribution in [0.3, 0.4) is 0 Å². The summed E-state index contributed by atoms with van der Waals surface area (Å²) in [5.74, 6) is 0.144. The van der Waals surface area contributed by atoms with Gasteiger partial charge < -0.3 is 10.3 Å². The van der Waals surface area contributed by atoms with E-state index in [9.17, 15) is 8.42 Å². The molecule has 5 aromatic rings. The van der Waals surface area contributed by atoms with Gasteiger partial charge in [-0.25, -0.2) is 18.4 Å². The summed E-state index contributed by atoms with van der Waals surface area (Å²) in [4.78, 5) is 9.45. The van der Waals surface area contributed by atoms with Crippen molar-refractivity contribution in [2.45, 2.75) is 22.1 Å². The van der Waals surface area contributed by atoms with Crippen LogP contribution in [-0.2, 0) is 9.84 Å². The van der Waals surface area contributed by atoms with Gasteiger partial charge in [-0.1, -0.05) is 48.5 Å². The summed E-state index contributed by atoms with van der Waals surface area (Å²) in [6.45, 7) is 1.98. The molecule has 0 bridgehead atoms. The van der Waals surface area contributed by atoms with Gasteiger partial charge in [-0.15, -0.1) is 11.3 Å². The van der Waals surface area contributed by atoms with E-state index in [4.69, 9.17) is 10.7 Å². The van der Waals surface area contributed by atoms with Crippen molar-refractivity contribution in [3.63, 3.8) is 0 Å². The Kier molecular flexibility index (Phi) is 4.34. The third-order valence-electron chi connectivity index (χ3n) is 5.19. The number of fused-ring (bicyclic) bond motifs is 2. The van der Waals surface area contributed by atoms with Crippen molar-refractivity contribution in [2.24, 2.45) is 0 Å². The molecule has 0 radical (unpaired) electrons. The first-order chi connectivity index (χ1) is 14.5. The van der Waals surface area contributed by atoms with Crippen LogP contribution in [0, 0.1) is 0 Å². The number of nitrogens with zero attached hydrogens (tertiary/aromatic N) is 3. The highest BCUT2D eigenvalue weighted by molar-refractivity contribution is 7.93. The molecule has 1 atom stereocenters. The molecule has 0 aliphatic rings. The average molecular weight is 435 g/mol. The van der Waals surface area contributed by atoms with Crippen LogP contribution in [0.25, 0.3) is 22.2 Å². The van der Waals surface area contributed by atoms with Gasteiger partial charge in [0.15, 0.2) is 5.65 Å². The maximum absolute atomic E-state index is 13.5. The number of para-hydroxylation sites is 2. The largest absolute Gasteiger partial charge is 0.384 e. The Morgan fingerprint density at radius 3 is 2.27 bits per heavy atom. The zero-order chi connectivity index (χ0) is 20.9. The zero-order valence-corrected chi connectivity index (χ0v) is 17.7. The Morgan fingerprint density at radius 2 is 1.60 bits per heavy atom. The standard InChI is InChI=1S/C22H18N4O2S2/c1-14(15-8-3-2-4-9-15)26-21(23)20(30(27,28)18-12-7-13-29-18)19-22(26)25-17-11-6-5-10-16(17)24-19/h2-14H,23H2,1H3/t14-/m1/s1. The van der Waals surface area contributed by atoms with Crippen LogP contribution in [0.4, 0.5) is 5.82 Å². The number of anilines is 1. The summed E-state index contributed by atoms with van der Waals surface area (Å²) in [6, 6.07) is 20.3. The summed E-state index contributed by atoms with van der Waals surface area (Å²) in [5, 5.41) is 1.73. The third kappa shape index (κ3) is 2.79. The van der Waals surface area contributed by atoms with Crippen LogP contribution in [0.2, 0.25) is 0 Å². The molecule has 0 amide bonds. The van der Waals surface area contributed by atoms with Gasteiger partial charge >= 0.3 is 0 Å². The number of sulfone groups is 1. The molecule has 2 N–H and O–H groups in total. The Bertz CT molecular complexity index is 1470. The topological polar surface area (TPSA) is 90.9 Å². The number of thiophene rings is 1. The average Bonchev–Trinajstić information content (AvgIpc) is 3.39. The maximum atomic E-state index is 13.5. The molecule has 3 aromatic heterocycles. The Labute approximate surface area is 177 Å². The number of hydrogen-bond donors (Lipinski definition) is 1. The van der Waals surface area contributed by atoms with Gasteiger partial charge in [0.2, 0.25) is 9.84 Å². The van der Waals surface area contributed by atoms with Gasteiger partial charge in [0.25, 0.3) is 0 Å². The fourth-order valence-corrected chi connectivity index (χ4v) is 6.31. The van der Waals surface area contributed by atoms with E-state index < -0.39 is 9.84 Å². The van der Waals surface area contributed by atoms with Crippen LogP contribution in [0.15, 0.2) is 81.2 Å². The number of benzene rings is 2. The van der Waals surface area contributed by atoms with E-state index in [1.807, 2.05) is 61.5 Å². The summed E-state index contributed by atoms with van der Waals surface area (Å²) in [6.07, 6.45) is 0. The molecule has 0 aliphatic heterocycles. The summed E-state index contributed by atoms with van der Waals surface area (Å²) < 4.78 is 29.0. The number of nitrogen functional groups attached to an aromatic ring is 1. The minimum atomic E-state index is -3.85. The molecular weight excluding hydrogens is 416 g/mol. The molecule has 3 heterocycles. The van der Waals surface area contributed by atoms with Crippen LogP contribution < -0.4 is 5.73 Å². The first-order valence-electron chi connectivity index (χ1n) is 9.38. The quantitative estimate of drug-likeness (QED) is 0.444. The van der Waals surface area contributed by atoms with E-state index in [0.717, 1.165) is 16.9 Å². The summed E-state index contributed by atoms with van der Waals surface area (Å²) >= 11 is 1.16. The highest BCUT2D eigenvalue weighted by atomic mass is 32.2.